The van der Waals surface area contributed by atoms with Crippen LogP contribution in [0, 0.1) is 45.8 Å². The Labute approximate surface area is 187 Å². The number of hydrogen-bond donors (Lipinski definition) is 2. The van der Waals surface area contributed by atoms with Crippen LogP contribution in [0.25, 0.3) is 0 Å². The normalized spacial score (nSPS) is 58.3. The van der Waals surface area contributed by atoms with Gasteiger partial charge in [0, 0.05) is 18.3 Å². The highest BCUT2D eigenvalue weighted by Gasteiger charge is 2.79. The fourth-order valence-corrected chi connectivity index (χ4v) is 10.5. The minimum absolute atomic E-state index is 0.0762. The average molecular weight is 431 g/mol. The quantitative estimate of drug-likeness (QED) is 0.677. The molecule has 0 aromatic carbocycles. The lowest BCUT2D eigenvalue weighted by atomic mass is 9.48. The van der Waals surface area contributed by atoms with Gasteiger partial charge in [-0.15, -0.1) is 0 Å². The summed E-state index contributed by atoms with van der Waals surface area (Å²) in [5, 5.41) is 21.8. The third-order valence-corrected chi connectivity index (χ3v) is 12.0. The van der Waals surface area contributed by atoms with Gasteiger partial charge < -0.3 is 14.9 Å². The monoisotopic (exact) mass is 430 g/mol. The van der Waals surface area contributed by atoms with Crippen LogP contribution in [-0.4, -0.2) is 39.9 Å². The molecule has 5 saturated carbocycles. The van der Waals surface area contributed by atoms with Crippen LogP contribution in [0.1, 0.15) is 91.9 Å². The van der Waals surface area contributed by atoms with Crippen LogP contribution in [-0.2, 0) is 9.53 Å². The Hall–Kier alpha value is -0.450. The number of aliphatic hydroxyl groups excluding tert-OH is 1. The highest BCUT2D eigenvalue weighted by Crippen LogP contribution is 2.85. The van der Waals surface area contributed by atoms with Crippen LogP contribution in [0.15, 0.2) is 0 Å². The molecule has 6 fully saturated rings. The molecule has 5 aliphatic carbocycles. The Morgan fingerprint density at radius 3 is 2.42 bits per heavy atom. The molecule has 1 saturated heterocycles. The van der Waals surface area contributed by atoms with Crippen LogP contribution >= 0.6 is 0 Å². The maximum atomic E-state index is 12.5. The minimum Gasteiger partial charge on any atom is -0.393 e. The van der Waals surface area contributed by atoms with E-state index in [0.29, 0.717) is 34.4 Å². The zero-order valence-electron chi connectivity index (χ0n) is 19.9. The van der Waals surface area contributed by atoms with Gasteiger partial charge in [0.25, 0.3) is 0 Å². The largest absolute Gasteiger partial charge is 0.393 e. The molecule has 0 amide bonds. The zero-order chi connectivity index (χ0) is 22.0. The predicted molar refractivity (Wildman–Crippen MR) is 118 cm³/mol. The first-order chi connectivity index (χ1) is 14.5. The van der Waals surface area contributed by atoms with Crippen molar-refractivity contribution in [3.63, 3.8) is 0 Å². The van der Waals surface area contributed by atoms with E-state index in [1.165, 1.54) is 32.1 Å². The molecular formula is C27H42O4. The number of Topliss-reactive ketones (excluding diaryl/α,β-unsaturated/α-hetero) is 1. The van der Waals surface area contributed by atoms with Crippen LogP contribution < -0.4 is 0 Å². The predicted octanol–water partition coefficient (Wildman–Crippen LogP) is 4.50. The second-order valence-corrected chi connectivity index (χ2v) is 13.4. The molecule has 11 atom stereocenters. The number of rotatable bonds is 2. The fraction of sp³-hybridized carbons (Fsp3) is 0.963. The standard InChI is InChI=1S/C27H42O4/c1-15-16-5-6-17-18-13-20(29)23(21-7-8-22(31-21)24(2,3)30)25(18,4)11-12-27(17)14-26(16,27)10-9-19(15)28/h15-18,20-23,29-30H,5-14H2,1-4H3. The highest BCUT2D eigenvalue weighted by atomic mass is 16.5. The topological polar surface area (TPSA) is 66.8 Å². The van der Waals surface area contributed by atoms with Gasteiger partial charge in [-0.1, -0.05) is 13.8 Å². The summed E-state index contributed by atoms with van der Waals surface area (Å²) in [7, 11) is 0. The first-order valence-corrected chi connectivity index (χ1v) is 13.1. The molecule has 0 aromatic heterocycles. The summed E-state index contributed by atoms with van der Waals surface area (Å²) < 4.78 is 6.43. The number of fused-ring (bicyclic) bond motifs is 2. The Bertz CT molecular complexity index is 787. The van der Waals surface area contributed by atoms with E-state index in [1.807, 2.05) is 13.8 Å². The second kappa shape index (κ2) is 6.36. The van der Waals surface area contributed by atoms with Crippen molar-refractivity contribution in [1.29, 1.82) is 0 Å². The van der Waals surface area contributed by atoms with E-state index in [2.05, 4.69) is 13.8 Å². The van der Waals surface area contributed by atoms with E-state index in [4.69, 9.17) is 4.74 Å². The summed E-state index contributed by atoms with van der Waals surface area (Å²) in [5.41, 5.74) is 0.212. The van der Waals surface area contributed by atoms with Crippen molar-refractivity contribution in [1.82, 2.24) is 0 Å². The van der Waals surface area contributed by atoms with Gasteiger partial charge in [0.05, 0.1) is 23.9 Å². The first-order valence-electron chi connectivity index (χ1n) is 13.1. The van der Waals surface area contributed by atoms with Crippen molar-refractivity contribution in [3.05, 3.63) is 0 Å². The van der Waals surface area contributed by atoms with Crippen LogP contribution in [0.5, 0.6) is 0 Å². The van der Waals surface area contributed by atoms with E-state index in [9.17, 15) is 15.0 Å². The van der Waals surface area contributed by atoms with Gasteiger partial charge in [0.2, 0.25) is 0 Å². The van der Waals surface area contributed by atoms with Crippen molar-refractivity contribution >= 4 is 5.78 Å². The maximum Gasteiger partial charge on any atom is 0.136 e. The van der Waals surface area contributed by atoms with Gasteiger partial charge in [0.1, 0.15) is 5.78 Å². The maximum absolute atomic E-state index is 12.5. The van der Waals surface area contributed by atoms with Gasteiger partial charge in [-0.3, -0.25) is 4.79 Å². The van der Waals surface area contributed by atoms with Crippen LogP contribution in [0.4, 0.5) is 0 Å². The van der Waals surface area contributed by atoms with Crippen molar-refractivity contribution in [2.24, 2.45) is 45.8 Å². The summed E-state index contributed by atoms with van der Waals surface area (Å²) in [4.78, 5) is 12.5. The molecule has 6 rings (SSSR count). The van der Waals surface area contributed by atoms with Gasteiger partial charge in [-0.25, -0.2) is 0 Å². The number of aliphatic hydroxyl groups is 2. The van der Waals surface area contributed by atoms with E-state index in [1.54, 1.807) is 0 Å². The Kier molecular flexibility index (Phi) is 4.33. The minimum atomic E-state index is -0.816. The Morgan fingerprint density at radius 2 is 1.71 bits per heavy atom. The lowest BCUT2D eigenvalue weighted by molar-refractivity contribution is -0.141. The number of hydrogen-bond acceptors (Lipinski definition) is 4. The Morgan fingerprint density at radius 1 is 1.00 bits per heavy atom. The summed E-state index contributed by atoms with van der Waals surface area (Å²) in [6, 6.07) is 0. The van der Waals surface area contributed by atoms with Gasteiger partial charge in [-0.2, -0.15) is 0 Å². The molecule has 31 heavy (non-hydrogen) atoms. The van der Waals surface area contributed by atoms with E-state index in [0.717, 1.165) is 32.1 Å². The summed E-state index contributed by atoms with van der Waals surface area (Å²) in [5.74, 6) is 2.87. The summed E-state index contributed by atoms with van der Waals surface area (Å²) in [6.07, 6.45) is 10.7. The molecule has 0 radical (unpaired) electrons. The summed E-state index contributed by atoms with van der Waals surface area (Å²) in [6.45, 7) is 8.36. The third kappa shape index (κ3) is 2.56. The molecule has 6 aliphatic rings. The zero-order valence-corrected chi connectivity index (χ0v) is 19.9. The average Bonchev–Trinajstić information content (AvgIpc) is 2.96. The number of carbonyl (C=O) groups is 1. The third-order valence-electron chi connectivity index (χ3n) is 12.0. The van der Waals surface area contributed by atoms with Crippen molar-refractivity contribution in [3.8, 4) is 0 Å². The van der Waals surface area contributed by atoms with Crippen LogP contribution in [0.2, 0.25) is 0 Å². The van der Waals surface area contributed by atoms with Crippen molar-refractivity contribution in [2.45, 2.75) is 116 Å². The molecular weight excluding hydrogens is 388 g/mol. The molecule has 2 N–H and O–H groups in total. The SMILES string of the molecule is CC1C(=O)CCC23CC24CCC2(C)C(CC(O)C2C2CCC(C(C)(C)O)O2)C4CCC13. The Balaban J connectivity index is 1.27. The molecule has 11 unspecified atom stereocenters. The second-order valence-electron chi connectivity index (χ2n) is 13.4. The van der Waals surface area contributed by atoms with Crippen molar-refractivity contribution in [2.75, 3.05) is 0 Å². The fourth-order valence-electron chi connectivity index (χ4n) is 10.5. The molecule has 174 valence electrons. The van der Waals surface area contributed by atoms with Gasteiger partial charge in [-0.05, 0) is 106 Å². The van der Waals surface area contributed by atoms with Gasteiger partial charge in [0.15, 0.2) is 0 Å². The molecule has 2 spiro atoms. The van der Waals surface area contributed by atoms with Crippen LogP contribution in [0.3, 0.4) is 0 Å². The first kappa shape index (κ1) is 21.1. The summed E-state index contributed by atoms with van der Waals surface area (Å²) >= 11 is 0. The van der Waals surface area contributed by atoms with E-state index < -0.39 is 5.60 Å². The number of carbonyl (C=O) groups excluding carboxylic acids is 1. The van der Waals surface area contributed by atoms with Crippen molar-refractivity contribution < 1.29 is 19.7 Å². The number of ether oxygens (including phenoxy) is 1. The van der Waals surface area contributed by atoms with E-state index >= 15 is 0 Å². The highest BCUT2D eigenvalue weighted by molar-refractivity contribution is 5.82. The lowest BCUT2D eigenvalue weighted by Crippen LogP contribution is -2.51. The molecule has 0 bridgehead atoms. The molecule has 4 nitrogen and oxygen atoms in total. The van der Waals surface area contributed by atoms with Gasteiger partial charge >= 0.3 is 0 Å². The molecule has 4 heteroatoms. The lowest BCUT2D eigenvalue weighted by Gasteiger charge is -2.56. The molecule has 1 aliphatic heterocycles. The molecule has 1 heterocycles. The molecule has 0 aromatic rings. The smallest absolute Gasteiger partial charge is 0.136 e. The number of ketones is 1. The van der Waals surface area contributed by atoms with E-state index in [-0.39, 0.29) is 35.6 Å².